The molecule has 5 rings (SSSR count). The van der Waals surface area contributed by atoms with Gasteiger partial charge in [-0.3, -0.25) is 9.97 Å². The zero-order chi connectivity index (χ0) is 20.0. The van der Waals surface area contributed by atoms with Gasteiger partial charge in [-0.2, -0.15) is 0 Å². The van der Waals surface area contributed by atoms with E-state index >= 15 is 4.39 Å². The highest BCUT2D eigenvalue weighted by Crippen LogP contribution is 2.31. The van der Waals surface area contributed by atoms with Crippen LogP contribution in [-0.4, -0.2) is 29.5 Å². The molecule has 1 unspecified atom stereocenters. The molecule has 0 amide bonds. The number of fused-ring (bicyclic) bond motifs is 2. The Morgan fingerprint density at radius 2 is 1.83 bits per heavy atom. The summed E-state index contributed by atoms with van der Waals surface area (Å²) in [7, 11) is 0. The molecule has 1 aromatic carbocycles. The van der Waals surface area contributed by atoms with Crippen molar-refractivity contribution in [1.29, 1.82) is 0 Å². The highest BCUT2D eigenvalue weighted by atomic mass is 19.1. The lowest BCUT2D eigenvalue weighted by molar-refractivity contribution is 0.517. The number of benzene rings is 1. The van der Waals surface area contributed by atoms with E-state index in [4.69, 9.17) is 0 Å². The maximum absolute atomic E-state index is 15.2. The summed E-state index contributed by atoms with van der Waals surface area (Å²) in [6, 6.07) is 7.40. The highest BCUT2D eigenvalue weighted by Gasteiger charge is 2.23. The SMILES string of the molecule is CC(c1c(F)cc2ncccc2c1F)n1cnc2ncc(-c3ccncc3)nc21. The Morgan fingerprint density at radius 1 is 1.00 bits per heavy atom. The molecule has 0 aliphatic rings. The molecule has 0 saturated carbocycles. The van der Waals surface area contributed by atoms with Crippen LogP contribution in [0, 0.1) is 11.6 Å². The first-order valence-corrected chi connectivity index (χ1v) is 8.96. The van der Waals surface area contributed by atoms with E-state index in [1.807, 2.05) is 12.1 Å². The van der Waals surface area contributed by atoms with Gasteiger partial charge in [-0.25, -0.2) is 23.7 Å². The number of nitrogens with zero attached hydrogens (tertiary/aromatic N) is 6. The van der Waals surface area contributed by atoms with Crippen molar-refractivity contribution in [3.8, 4) is 11.3 Å². The van der Waals surface area contributed by atoms with E-state index in [1.165, 1.54) is 18.6 Å². The van der Waals surface area contributed by atoms with Crippen LogP contribution in [0.2, 0.25) is 0 Å². The Hall–Kier alpha value is -3.81. The molecular formula is C21H14F2N6. The molecule has 0 spiro atoms. The number of halogens is 2. The summed E-state index contributed by atoms with van der Waals surface area (Å²) in [6.07, 6.45) is 7.94. The second-order valence-corrected chi connectivity index (χ2v) is 6.62. The fourth-order valence-corrected chi connectivity index (χ4v) is 3.44. The molecule has 6 nitrogen and oxygen atoms in total. The second kappa shape index (κ2) is 6.66. The zero-order valence-electron chi connectivity index (χ0n) is 15.3. The smallest absolute Gasteiger partial charge is 0.197 e. The van der Waals surface area contributed by atoms with Crippen molar-refractivity contribution in [2.45, 2.75) is 13.0 Å². The monoisotopic (exact) mass is 388 g/mol. The fourth-order valence-electron chi connectivity index (χ4n) is 3.44. The van der Waals surface area contributed by atoms with E-state index in [0.29, 0.717) is 17.0 Å². The fraction of sp³-hybridized carbons (Fsp3) is 0.0952. The quantitative estimate of drug-likeness (QED) is 0.460. The minimum Gasteiger partial charge on any atom is -0.306 e. The van der Waals surface area contributed by atoms with Crippen LogP contribution < -0.4 is 0 Å². The van der Waals surface area contributed by atoms with Gasteiger partial charge in [0.1, 0.15) is 11.6 Å². The minimum absolute atomic E-state index is 0.0686. The minimum atomic E-state index is -0.688. The standard InChI is InChI=1S/C21H14F2N6/c1-12(18-15(22)9-16-14(19(18)23)3-2-6-25-16)29-11-27-20-21(29)28-17(10-26-20)13-4-7-24-8-5-13/h2-12H,1H3. The van der Waals surface area contributed by atoms with Crippen LogP contribution in [0.25, 0.3) is 33.5 Å². The van der Waals surface area contributed by atoms with E-state index in [9.17, 15) is 4.39 Å². The number of aromatic nitrogens is 6. The van der Waals surface area contributed by atoms with Crippen molar-refractivity contribution in [3.05, 3.63) is 78.6 Å². The molecule has 0 fully saturated rings. The van der Waals surface area contributed by atoms with Crippen LogP contribution in [0.1, 0.15) is 18.5 Å². The topological polar surface area (TPSA) is 69.4 Å². The van der Waals surface area contributed by atoms with Gasteiger partial charge < -0.3 is 4.57 Å². The molecule has 0 aliphatic carbocycles. The van der Waals surface area contributed by atoms with Crippen molar-refractivity contribution < 1.29 is 8.78 Å². The van der Waals surface area contributed by atoms with Crippen LogP contribution in [0.3, 0.4) is 0 Å². The van der Waals surface area contributed by atoms with E-state index < -0.39 is 17.7 Å². The summed E-state index contributed by atoms with van der Waals surface area (Å²) in [6.45, 7) is 1.70. The summed E-state index contributed by atoms with van der Waals surface area (Å²) in [5, 5.41) is 0.267. The van der Waals surface area contributed by atoms with Gasteiger partial charge in [0.2, 0.25) is 0 Å². The summed E-state index contributed by atoms with van der Waals surface area (Å²) in [5.41, 5.74) is 2.51. The molecule has 8 heteroatoms. The second-order valence-electron chi connectivity index (χ2n) is 6.62. The van der Waals surface area contributed by atoms with Crippen LogP contribution in [0.4, 0.5) is 8.78 Å². The van der Waals surface area contributed by atoms with Gasteiger partial charge in [0.05, 0.1) is 29.8 Å². The predicted octanol–water partition coefficient (Wildman–Crippen LogP) is 4.32. The number of imidazole rings is 1. The lowest BCUT2D eigenvalue weighted by Crippen LogP contribution is -2.11. The Labute approximate surface area is 163 Å². The predicted molar refractivity (Wildman–Crippen MR) is 104 cm³/mol. The molecule has 4 aromatic heterocycles. The van der Waals surface area contributed by atoms with Gasteiger partial charge in [0.25, 0.3) is 0 Å². The van der Waals surface area contributed by atoms with Gasteiger partial charge >= 0.3 is 0 Å². The summed E-state index contributed by atoms with van der Waals surface area (Å²) < 4.78 is 31.6. The molecular weight excluding hydrogens is 374 g/mol. The third kappa shape index (κ3) is 2.80. The maximum atomic E-state index is 15.2. The summed E-state index contributed by atoms with van der Waals surface area (Å²) in [5.74, 6) is -1.30. The van der Waals surface area contributed by atoms with E-state index in [-0.39, 0.29) is 16.5 Å². The van der Waals surface area contributed by atoms with Crippen molar-refractivity contribution in [1.82, 2.24) is 29.5 Å². The average Bonchev–Trinajstić information content (AvgIpc) is 3.17. The molecule has 0 radical (unpaired) electrons. The molecule has 142 valence electrons. The first-order chi connectivity index (χ1) is 14.1. The summed E-state index contributed by atoms with van der Waals surface area (Å²) >= 11 is 0. The first-order valence-electron chi connectivity index (χ1n) is 8.96. The number of rotatable bonds is 3. The molecule has 0 saturated heterocycles. The van der Waals surface area contributed by atoms with Crippen molar-refractivity contribution in [2.24, 2.45) is 0 Å². The molecule has 29 heavy (non-hydrogen) atoms. The Balaban J connectivity index is 1.67. The van der Waals surface area contributed by atoms with E-state index in [2.05, 4.69) is 24.9 Å². The lowest BCUT2D eigenvalue weighted by atomic mass is 10.0. The third-order valence-electron chi connectivity index (χ3n) is 4.93. The number of pyridine rings is 2. The summed E-state index contributed by atoms with van der Waals surface area (Å²) in [4.78, 5) is 21.2. The van der Waals surface area contributed by atoms with Crippen LogP contribution in [0.15, 0.2) is 61.4 Å². The number of hydrogen-bond acceptors (Lipinski definition) is 5. The third-order valence-corrected chi connectivity index (χ3v) is 4.93. The van der Waals surface area contributed by atoms with Crippen LogP contribution in [-0.2, 0) is 0 Å². The number of hydrogen-bond donors (Lipinski definition) is 0. The molecule has 0 N–H and O–H groups in total. The largest absolute Gasteiger partial charge is 0.306 e. The Kier molecular flexibility index (Phi) is 3.97. The molecule has 0 aliphatic heterocycles. The molecule has 5 aromatic rings. The first kappa shape index (κ1) is 17.3. The average molecular weight is 388 g/mol. The molecule has 1 atom stereocenters. The van der Waals surface area contributed by atoms with Crippen LogP contribution >= 0.6 is 0 Å². The van der Waals surface area contributed by atoms with Gasteiger partial charge in [0.15, 0.2) is 11.3 Å². The lowest BCUT2D eigenvalue weighted by Gasteiger charge is -2.17. The van der Waals surface area contributed by atoms with Crippen molar-refractivity contribution >= 4 is 22.2 Å². The van der Waals surface area contributed by atoms with Crippen molar-refractivity contribution in [3.63, 3.8) is 0 Å². The normalized spacial score (nSPS) is 12.5. The van der Waals surface area contributed by atoms with E-state index in [0.717, 1.165) is 5.56 Å². The van der Waals surface area contributed by atoms with E-state index in [1.54, 1.807) is 42.2 Å². The van der Waals surface area contributed by atoms with Gasteiger partial charge in [-0.05, 0) is 31.2 Å². The Bertz CT molecular complexity index is 1350. The maximum Gasteiger partial charge on any atom is 0.197 e. The molecule has 4 heterocycles. The van der Waals surface area contributed by atoms with Crippen molar-refractivity contribution in [2.75, 3.05) is 0 Å². The Morgan fingerprint density at radius 3 is 2.66 bits per heavy atom. The zero-order valence-corrected chi connectivity index (χ0v) is 15.3. The van der Waals surface area contributed by atoms with Gasteiger partial charge in [0, 0.05) is 41.2 Å². The molecule has 0 bridgehead atoms. The highest BCUT2D eigenvalue weighted by molar-refractivity contribution is 5.80. The van der Waals surface area contributed by atoms with Gasteiger partial charge in [-0.15, -0.1) is 0 Å². The van der Waals surface area contributed by atoms with Crippen LogP contribution in [0.5, 0.6) is 0 Å². The van der Waals surface area contributed by atoms with Gasteiger partial charge in [-0.1, -0.05) is 0 Å².